The molecule has 0 saturated carbocycles. The van der Waals surface area contributed by atoms with Gasteiger partial charge >= 0.3 is 5.97 Å². The van der Waals surface area contributed by atoms with Gasteiger partial charge < -0.3 is 23.3 Å². The van der Waals surface area contributed by atoms with Gasteiger partial charge in [-0.15, -0.1) is 0 Å². The van der Waals surface area contributed by atoms with Gasteiger partial charge in [0, 0.05) is 6.08 Å². The normalized spacial score (nSPS) is 11.2. The van der Waals surface area contributed by atoms with E-state index in [-0.39, 0.29) is 18.1 Å². The van der Waals surface area contributed by atoms with Crippen LogP contribution in [0.3, 0.4) is 0 Å². The summed E-state index contributed by atoms with van der Waals surface area (Å²) in [6.45, 7) is -0.0576. The van der Waals surface area contributed by atoms with Gasteiger partial charge in [0.25, 0.3) is 5.91 Å². The highest BCUT2D eigenvalue weighted by Crippen LogP contribution is 2.10. The maximum Gasteiger partial charge on any atom is 0.355 e. The zero-order valence-electron chi connectivity index (χ0n) is 12.4. The topological polar surface area (TPSA) is 94.8 Å². The van der Waals surface area contributed by atoms with Crippen molar-refractivity contribution in [2.45, 2.75) is 6.61 Å². The van der Waals surface area contributed by atoms with Crippen LogP contribution in [0.5, 0.6) is 0 Å². The standard InChI is InChI=1S/C17H13NO6/c19-16(15-6-3-9-23-15)18-14(10-12-4-1-7-21-12)17(20)24-11-13-5-2-8-22-13/h1-10H,11H2,(H,18,19). The number of rotatable bonds is 6. The summed E-state index contributed by atoms with van der Waals surface area (Å²) in [4.78, 5) is 24.3. The van der Waals surface area contributed by atoms with Crippen molar-refractivity contribution < 1.29 is 27.6 Å². The number of nitrogens with one attached hydrogen (secondary N) is 1. The highest BCUT2D eigenvalue weighted by atomic mass is 16.5. The average Bonchev–Trinajstić information content (AvgIpc) is 3.34. The van der Waals surface area contributed by atoms with Crippen molar-refractivity contribution in [2.75, 3.05) is 0 Å². The second kappa shape index (κ2) is 7.19. The van der Waals surface area contributed by atoms with Crippen molar-refractivity contribution in [3.05, 3.63) is 78.2 Å². The molecule has 122 valence electrons. The van der Waals surface area contributed by atoms with Gasteiger partial charge in [-0.25, -0.2) is 4.79 Å². The van der Waals surface area contributed by atoms with Crippen molar-refractivity contribution >= 4 is 18.0 Å². The van der Waals surface area contributed by atoms with Crippen molar-refractivity contribution in [3.63, 3.8) is 0 Å². The molecule has 3 heterocycles. The number of ether oxygens (including phenoxy) is 1. The van der Waals surface area contributed by atoms with E-state index < -0.39 is 11.9 Å². The van der Waals surface area contributed by atoms with Crippen LogP contribution in [-0.2, 0) is 16.1 Å². The van der Waals surface area contributed by atoms with Crippen molar-refractivity contribution in [2.24, 2.45) is 0 Å². The van der Waals surface area contributed by atoms with Crippen LogP contribution in [0.25, 0.3) is 6.08 Å². The van der Waals surface area contributed by atoms with Crippen LogP contribution in [0.15, 0.2) is 74.1 Å². The minimum atomic E-state index is -0.734. The minimum absolute atomic E-state index is 0.0576. The molecule has 0 radical (unpaired) electrons. The summed E-state index contributed by atoms with van der Waals surface area (Å²) >= 11 is 0. The van der Waals surface area contributed by atoms with Crippen LogP contribution in [0, 0.1) is 0 Å². The largest absolute Gasteiger partial charge is 0.466 e. The molecule has 24 heavy (non-hydrogen) atoms. The van der Waals surface area contributed by atoms with Crippen molar-refractivity contribution in [1.82, 2.24) is 5.32 Å². The van der Waals surface area contributed by atoms with Gasteiger partial charge in [0.1, 0.15) is 23.8 Å². The Labute approximate surface area is 136 Å². The first-order valence-corrected chi connectivity index (χ1v) is 7.02. The third-order valence-electron chi connectivity index (χ3n) is 2.97. The zero-order chi connectivity index (χ0) is 16.8. The molecule has 0 aliphatic heterocycles. The van der Waals surface area contributed by atoms with Crippen LogP contribution in [0.1, 0.15) is 22.1 Å². The van der Waals surface area contributed by atoms with E-state index in [0.29, 0.717) is 11.5 Å². The Morgan fingerprint density at radius 1 is 1.00 bits per heavy atom. The molecule has 3 aromatic rings. The van der Waals surface area contributed by atoms with E-state index in [1.54, 1.807) is 30.3 Å². The van der Waals surface area contributed by atoms with Gasteiger partial charge in [0.15, 0.2) is 5.76 Å². The van der Waals surface area contributed by atoms with Gasteiger partial charge in [-0.05, 0) is 36.4 Å². The number of furan rings is 3. The number of esters is 1. The van der Waals surface area contributed by atoms with E-state index in [2.05, 4.69) is 5.32 Å². The molecule has 7 heteroatoms. The lowest BCUT2D eigenvalue weighted by molar-refractivity contribution is -0.141. The van der Waals surface area contributed by atoms with Gasteiger partial charge in [-0.1, -0.05) is 0 Å². The molecule has 1 N–H and O–H groups in total. The maximum atomic E-state index is 12.3. The minimum Gasteiger partial charge on any atom is -0.466 e. The van der Waals surface area contributed by atoms with Crippen LogP contribution in [0.4, 0.5) is 0 Å². The summed E-state index contributed by atoms with van der Waals surface area (Å²) in [6, 6.07) is 9.70. The summed E-state index contributed by atoms with van der Waals surface area (Å²) in [5, 5.41) is 2.45. The van der Waals surface area contributed by atoms with Crippen molar-refractivity contribution in [3.8, 4) is 0 Å². The maximum absolute atomic E-state index is 12.3. The highest BCUT2D eigenvalue weighted by molar-refractivity contribution is 6.01. The number of carbonyl (C=O) groups excluding carboxylic acids is 2. The molecule has 3 rings (SSSR count). The molecule has 0 bridgehead atoms. The molecule has 0 aromatic carbocycles. The number of hydrogen-bond donors (Lipinski definition) is 1. The smallest absolute Gasteiger partial charge is 0.355 e. The SMILES string of the molecule is O=C(OCc1ccco1)C(=Cc1ccco1)NC(=O)c1ccco1. The third-order valence-corrected chi connectivity index (χ3v) is 2.97. The predicted molar refractivity (Wildman–Crippen MR) is 81.4 cm³/mol. The number of carbonyl (C=O) groups is 2. The van der Waals surface area contributed by atoms with E-state index in [9.17, 15) is 9.59 Å². The van der Waals surface area contributed by atoms with E-state index in [4.69, 9.17) is 18.0 Å². The van der Waals surface area contributed by atoms with Gasteiger partial charge in [-0.3, -0.25) is 4.79 Å². The van der Waals surface area contributed by atoms with Crippen LogP contribution in [0.2, 0.25) is 0 Å². The first-order valence-electron chi connectivity index (χ1n) is 7.02. The first kappa shape index (κ1) is 15.4. The lowest BCUT2D eigenvalue weighted by Gasteiger charge is -2.08. The van der Waals surface area contributed by atoms with Gasteiger partial charge in [0.2, 0.25) is 0 Å². The molecule has 1 amide bonds. The number of hydrogen-bond acceptors (Lipinski definition) is 6. The van der Waals surface area contributed by atoms with Crippen molar-refractivity contribution in [1.29, 1.82) is 0 Å². The van der Waals surface area contributed by atoms with E-state index in [1.807, 2.05) is 0 Å². The molecule has 0 fully saturated rings. The molecule has 3 aromatic heterocycles. The molecule has 7 nitrogen and oxygen atoms in total. The molecule has 0 spiro atoms. The highest BCUT2D eigenvalue weighted by Gasteiger charge is 2.18. The molecule has 0 atom stereocenters. The fourth-order valence-electron chi connectivity index (χ4n) is 1.86. The van der Waals surface area contributed by atoms with E-state index >= 15 is 0 Å². The third kappa shape index (κ3) is 3.83. The van der Waals surface area contributed by atoms with Crippen LogP contribution >= 0.6 is 0 Å². The first-order chi connectivity index (χ1) is 11.7. The fourth-order valence-corrected chi connectivity index (χ4v) is 1.86. The average molecular weight is 327 g/mol. The molecular weight excluding hydrogens is 314 g/mol. The Bertz CT molecular complexity index is 813. The lowest BCUT2D eigenvalue weighted by atomic mass is 10.3. The monoisotopic (exact) mass is 327 g/mol. The molecule has 0 saturated heterocycles. The summed E-state index contributed by atoms with van der Waals surface area (Å²) in [7, 11) is 0. The Morgan fingerprint density at radius 2 is 1.75 bits per heavy atom. The molecule has 0 aliphatic rings. The quantitative estimate of drug-likeness (QED) is 0.552. The zero-order valence-corrected chi connectivity index (χ0v) is 12.4. The fraction of sp³-hybridized carbons (Fsp3) is 0.0588. The predicted octanol–water partition coefficient (Wildman–Crippen LogP) is 2.98. The van der Waals surface area contributed by atoms with Gasteiger partial charge in [0.05, 0.1) is 18.8 Å². The van der Waals surface area contributed by atoms with E-state index in [1.165, 1.54) is 30.9 Å². The number of amides is 1. The molecular formula is C17H13NO6. The summed E-state index contributed by atoms with van der Waals surface area (Å²) in [6.07, 6.45) is 5.65. The Balaban J connectivity index is 1.74. The summed E-state index contributed by atoms with van der Waals surface area (Å²) in [5.74, 6) is -0.368. The summed E-state index contributed by atoms with van der Waals surface area (Å²) in [5.41, 5.74) is -0.0853. The molecule has 0 aliphatic carbocycles. The second-order valence-corrected chi connectivity index (χ2v) is 4.66. The molecule has 0 unspecified atom stereocenters. The second-order valence-electron chi connectivity index (χ2n) is 4.66. The van der Waals surface area contributed by atoms with E-state index in [0.717, 1.165) is 0 Å². The van der Waals surface area contributed by atoms with Crippen LogP contribution in [-0.4, -0.2) is 11.9 Å². The van der Waals surface area contributed by atoms with Gasteiger partial charge in [-0.2, -0.15) is 0 Å². The summed E-state index contributed by atoms with van der Waals surface area (Å²) < 4.78 is 20.4. The Hall–Kier alpha value is -3.48. The van der Waals surface area contributed by atoms with Crippen LogP contribution < -0.4 is 5.32 Å². The Kier molecular flexibility index (Phi) is 4.62. The Morgan fingerprint density at radius 3 is 2.42 bits per heavy atom. The lowest BCUT2D eigenvalue weighted by Crippen LogP contribution is -2.28.